The van der Waals surface area contributed by atoms with Crippen molar-refractivity contribution < 1.29 is 19.4 Å². The minimum absolute atomic E-state index is 0.0243. The molecule has 0 aliphatic carbocycles. The van der Waals surface area contributed by atoms with Crippen molar-refractivity contribution in [2.45, 2.75) is 32.7 Å². The molecule has 1 N–H and O–H groups in total. The molecule has 0 heterocycles. The third-order valence-corrected chi connectivity index (χ3v) is 1.82. The van der Waals surface area contributed by atoms with Crippen LogP contribution in [0.2, 0.25) is 0 Å². The van der Waals surface area contributed by atoms with Crippen LogP contribution in [0.5, 0.6) is 0 Å². The second kappa shape index (κ2) is 6.23. The van der Waals surface area contributed by atoms with Crippen LogP contribution in [0.3, 0.4) is 0 Å². The minimum atomic E-state index is -0.849. The molecular formula is C9H17NO4. The van der Waals surface area contributed by atoms with E-state index in [9.17, 15) is 9.59 Å². The Balaban J connectivity index is 3.98. The summed E-state index contributed by atoms with van der Waals surface area (Å²) in [5.74, 6) is -0.849. The number of carboxylic acid groups (broad SMARTS) is 1. The Morgan fingerprint density at radius 2 is 2.00 bits per heavy atom. The van der Waals surface area contributed by atoms with Gasteiger partial charge in [0.2, 0.25) is 0 Å². The van der Waals surface area contributed by atoms with Gasteiger partial charge in [0.25, 0.3) is 0 Å². The normalized spacial score (nSPS) is 10.0. The van der Waals surface area contributed by atoms with E-state index in [2.05, 4.69) is 4.74 Å². The Bertz CT molecular complexity index is 203. The summed E-state index contributed by atoms with van der Waals surface area (Å²) in [5, 5.41) is 8.43. The van der Waals surface area contributed by atoms with E-state index in [4.69, 9.17) is 5.11 Å². The molecule has 0 fully saturated rings. The Morgan fingerprint density at radius 3 is 2.36 bits per heavy atom. The lowest BCUT2D eigenvalue weighted by Crippen LogP contribution is -2.37. The molecule has 0 aliphatic rings. The monoisotopic (exact) mass is 203 g/mol. The standard InChI is InChI=1S/C9H17NO4/c1-7(2)10(9(13)14-3)6-4-5-8(11)12/h7H,4-6H2,1-3H3,(H,11,12). The van der Waals surface area contributed by atoms with Crippen molar-refractivity contribution in [1.29, 1.82) is 0 Å². The molecular weight excluding hydrogens is 186 g/mol. The van der Waals surface area contributed by atoms with Crippen LogP contribution in [0.1, 0.15) is 26.7 Å². The third-order valence-electron chi connectivity index (χ3n) is 1.82. The molecule has 0 saturated heterocycles. The van der Waals surface area contributed by atoms with Gasteiger partial charge in [0.15, 0.2) is 0 Å². The van der Waals surface area contributed by atoms with Crippen molar-refractivity contribution in [2.24, 2.45) is 0 Å². The summed E-state index contributed by atoms with van der Waals surface area (Å²) in [5.41, 5.74) is 0. The van der Waals surface area contributed by atoms with Gasteiger partial charge in [-0.1, -0.05) is 0 Å². The van der Waals surface area contributed by atoms with Gasteiger partial charge in [-0.2, -0.15) is 0 Å². The van der Waals surface area contributed by atoms with E-state index in [-0.39, 0.29) is 12.5 Å². The molecule has 0 atom stereocenters. The van der Waals surface area contributed by atoms with Gasteiger partial charge < -0.3 is 14.7 Å². The lowest BCUT2D eigenvalue weighted by molar-refractivity contribution is -0.137. The van der Waals surface area contributed by atoms with Crippen LogP contribution in [0.25, 0.3) is 0 Å². The van der Waals surface area contributed by atoms with E-state index in [1.807, 2.05) is 13.8 Å². The van der Waals surface area contributed by atoms with E-state index in [1.54, 1.807) is 0 Å². The third kappa shape index (κ3) is 4.69. The van der Waals surface area contributed by atoms with E-state index in [1.165, 1.54) is 12.0 Å². The van der Waals surface area contributed by atoms with Crippen LogP contribution in [0.4, 0.5) is 4.79 Å². The quantitative estimate of drug-likeness (QED) is 0.732. The van der Waals surface area contributed by atoms with Gasteiger partial charge in [-0.25, -0.2) is 4.79 Å². The highest BCUT2D eigenvalue weighted by molar-refractivity contribution is 5.68. The van der Waals surface area contributed by atoms with Gasteiger partial charge in [-0.15, -0.1) is 0 Å². The molecule has 82 valence electrons. The van der Waals surface area contributed by atoms with Gasteiger partial charge in [0.1, 0.15) is 0 Å². The van der Waals surface area contributed by atoms with Gasteiger partial charge in [-0.3, -0.25) is 4.79 Å². The first-order valence-corrected chi connectivity index (χ1v) is 4.55. The number of carbonyl (C=O) groups is 2. The molecule has 0 rings (SSSR count). The summed E-state index contributed by atoms with van der Waals surface area (Å²) >= 11 is 0. The zero-order valence-electron chi connectivity index (χ0n) is 8.82. The molecule has 0 aliphatic heterocycles. The summed E-state index contributed by atoms with van der Waals surface area (Å²) in [4.78, 5) is 22.9. The number of carboxylic acids is 1. The van der Waals surface area contributed by atoms with Gasteiger partial charge >= 0.3 is 12.1 Å². The topological polar surface area (TPSA) is 66.8 Å². The minimum Gasteiger partial charge on any atom is -0.481 e. The Kier molecular flexibility index (Phi) is 5.67. The molecule has 0 aromatic rings. The number of nitrogens with zero attached hydrogens (tertiary/aromatic N) is 1. The second-order valence-corrected chi connectivity index (χ2v) is 3.25. The maximum atomic E-state index is 11.2. The first-order chi connectivity index (χ1) is 6.49. The largest absolute Gasteiger partial charge is 0.481 e. The van der Waals surface area contributed by atoms with Crippen LogP contribution in [0, 0.1) is 0 Å². The van der Waals surface area contributed by atoms with Gasteiger partial charge in [0.05, 0.1) is 7.11 Å². The molecule has 0 spiro atoms. The average Bonchev–Trinajstić information content (AvgIpc) is 2.10. The smallest absolute Gasteiger partial charge is 0.409 e. The lowest BCUT2D eigenvalue weighted by atomic mass is 10.2. The molecule has 0 unspecified atom stereocenters. The highest BCUT2D eigenvalue weighted by Crippen LogP contribution is 2.03. The molecule has 0 radical (unpaired) electrons. The van der Waals surface area contributed by atoms with Crippen LogP contribution >= 0.6 is 0 Å². The SMILES string of the molecule is COC(=O)N(CCCC(=O)O)C(C)C. The highest BCUT2D eigenvalue weighted by atomic mass is 16.5. The van der Waals surface area contributed by atoms with Gasteiger partial charge in [-0.05, 0) is 20.3 Å². The van der Waals surface area contributed by atoms with Crippen molar-refractivity contribution >= 4 is 12.1 Å². The van der Waals surface area contributed by atoms with Crippen molar-refractivity contribution in [1.82, 2.24) is 4.90 Å². The zero-order chi connectivity index (χ0) is 11.1. The fraction of sp³-hybridized carbons (Fsp3) is 0.778. The number of hydrogen-bond donors (Lipinski definition) is 1. The average molecular weight is 203 g/mol. The number of ether oxygens (including phenoxy) is 1. The molecule has 0 aromatic heterocycles. The van der Waals surface area contributed by atoms with Crippen LogP contribution in [-0.4, -0.2) is 41.8 Å². The van der Waals surface area contributed by atoms with E-state index in [0.717, 1.165) is 0 Å². The van der Waals surface area contributed by atoms with Crippen molar-refractivity contribution in [3.8, 4) is 0 Å². The first-order valence-electron chi connectivity index (χ1n) is 4.55. The Morgan fingerprint density at radius 1 is 1.43 bits per heavy atom. The maximum Gasteiger partial charge on any atom is 0.409 e. The summed E-state index contributed by atoms with van der Waals surface area (Å²) in [6.07, 6.45) is 0.105. The summed E-state index contributed by atoms with van der Waals surface area (Å²) in [6.45, 7) is 4.13. The number of methoxy groups -OCH3 is 1. The van der Waals surface area contributed by atoms with E-state index < -0.39 is 12.1 Å². The number of rotatable bonds is 5. The van der Waals surface area contributed by atoms with Gasteiger partial charge in [0, 0.05) is 19.0 Å². The highest BCUT2D eigenvalue weighted by Gasteiger charge is 2.16. The fourth-order valence-corrected chi connectivity index (χ4v) is 1.08. The van der Waals surface area contributed by atoms with Crippen molar-refractivity contribution in [3.05, 3.63) is 0 Å². The summed E-state index contributed by atoms with van der Waals surface area (Å²) in [6, 6.07) is 0.0243. The molecule has 14 heavy (non-hydrogen) atoms. The van der Waals surface area contributed by atoms with Crippen LogP contribution in [-0.2, 0) is 9.53 Å². The Labute approximate surface area is 83.6 Å². The van der Waals surface area contributed by atoms with Crippen molar-refractivity contribution in [3.63, 3.8) is 0 Å². The molecule has 1 amide bonds. The Hall–Kier alpha value is -1.26. The number of amides is 1. The summed E-state index contributed by atoms with van der Waals surface area (Å²) < 4.78 is 4.57. The van der Waals surface area contributed by atoms with Crippen LogP contribution in [0.15, 0.2) is 0 Å². The predicted octanol–water partition coefficient (Wildman–Crippen LogP) is 1.33. The van der Waals surface area contributed by atoms with Crippen LogP contribution < -0.4 is 0 Å². The summed E-state index contributed by atoms with van der Waals surface area (Å²) in [7, 11) is 1.31. The molecule has 0 aromatic carbocycles. The molecule has 0 bridgehead atoms. The number of hydrogen-bond acceptors (Lipinski definition) is 3. The van der Waals surface area contributed by atoms with Crippen molar-refractivity contribution in [2.75, 3.05) is 13.7 Å². The number of carbonyl (C=O) groups excluding carboxylic acids is 1. The second-order valence-electron chi connectivity index (χ2n) is 3.25. The molecule has 0 saturated carbocycles. The lowest BCUT2D eigenvalue weighted by Gasteiger charge is -2.24. The molecule has 5 heteroatoms. The van der Waals surface area contributed by atoms with E-state index >= 15 is 0 Å². The number of aliphatic carboxylic acids is 1. The maximum absolute atomic E-state index is 11.2. The first kappa shape index (κ1) is 12.7. The van der Waals surface area contributed by atoms with E-state index in [0.29, 0.717) is 13.0 Å². The zero-order valence-corrected chi connectivity index (χ0v) is 8.82. The predicted molar refractivity (Wildman–Crippen MR) is 51.1 cm³/mol. The molecule has 5 nitrogen and oxygen atoms in total. The fourth-order valence-electron chi connectivity index (χ4n) is 1.08.